The van der Waals surface area contributed by atoms with Crippen LogP contribution in [-0.2, 0) is 4.74 Å². The van der Waals surface area contributed by atoms with E-state index in [-0.39, 0.29) is 5.60 Å². The zero-order valence-electron chi connectivity index (χ0n) is 12.7. The summed E-state index contributed by atoms with van der Waals surface area (Å²) in [5, 5.41) is 0. The van der Waals surface area contributed by atoms with Gasteiger partial charge in [-0.25, -0.2) is 0 Å². The normalized spacial score (nSPS) is 30.7. The standard InChI is InChI=1S/C15H32N2O/c1-5-13(6-2)11-14(17-16)15(18-4)9-7-12(3)8-10-15/h12-14,17H,5-11,16H2,1-4H3. The highest BCUT2D eigenvalue weighted by Crippen LogP contribution is 2.38. The minimum Gasteiger partial charge on any atom is -0.377 e. The quantitative estimate of drug-likeness (QED) is 0.543. The smallest absolute Gasteiger partial charge is 0.0844 e. The lowest BCUT2D eigenvalue weighted by atomic mass is 9.73. The molecule has 1 unspecified atom stereocenters. The van der Waals surface area contributed by atoms with Crippen LogP contribution in [-0.4, -0.2) is 18.8 Å². The summed E-state index contributed by atoms with van der Waals surface area (Å²) in [5.74, 6) is 7.41. The Hall–Kier alpha value is -0.120. The fraction of sp³-hybridized carbons (Fsp3) is 1.00. The first-order chi connectivity index (χ1) is 8.61. The Bertz CT molecular complexity index is 221. The van der Waals surface area contributed by atoms with E-state index in [4.69, 9.17) is 10.6 Å². The Labute approximate surface area is 113 Å². The van der Waals surface area contributed by atoms with Crippen molar-refractivity contribution in [1.29, 1.82) is 0 Å². The largest absolute Gasteiger partial charge is 0.377 e. The number of ether oxygens (including phenoxy) is 1. The van der Waals surface area contributed by atoms with Gasteiger partial charge in [0, 0.05) is 7.11 Å². The van der Waals surface area contributed by atoms with E-state index >= 15 is 0 Å². The second-order valence-corrected chi connectivity index (χ2v) is 6.09. The van der Waals surface area contributed by atoms with Gasteiger partial charge in [-0.3, -0.25) is 11.3 Å². The Kier molecular flexibility index (Phi) is 6.61. The molecule has 0 radical (unpaired) electrons. The van der Waals surface area contributed by atoms with Crippen molar-refractivity contribution >= 4 is 0 Å². The van der Waals surface area contributed by atoms with Crippen LogP contribution in [0.4, 0.5) is 0 Å². The molecule has 0 saturated heterocycles. The van der Waals surface area contributed by atoms with Gasteiger partial charge in [0.05, 0.1) is 11.6 Å². The van der Waals surface area contributed by atoms with Gasteiger partial charge in [-0.2, -0.15) is 0 Å². The molecule has 0 spiro atoms. The van der Waals surface area contributed by atoms with Gasteiger partial charge in [0.1, 0.15) is 0 Å². The Morgan fingerprint density at radius 2 is 1.83 bits per heavy atom. The number of hydrazine groups is 1. The maximum Gasteiger partial charge on any atom is 0.0844 e. The van der Waals surface area contributed by atoms with Crippen LogP contribution in [0.25, 0.3) is 0 Å². The van der Waals surface area contributed by atoms with Crippen LogP contribution < -0.4 is 11.3 Å². The maximum atomic E-state index is 5.93. The van der Waals surface area contributed by atoms with Crippen LogP contribution in [0.15, 0.2) is 0 Å². The summed E-state index contributed by atoms with van der Waals surface area (Å²) in [5.41, 5.74) is 3.01. The molecule has 1 saturated carbocycles. The molecular weight excluding hydrogens is 224 g/mol. The lowest BCUT2D eigenvalue weighted by molar-refractivity contribution is -0.0798. The number of nitrogens with one attached hydrogen (secondary N) is 1. The molecular formula is C15H32N2O. The minimum atomic E-state index is -0.0378. The van der Waals surface area contributed by atoms with E-state index < -0.39 is 0 Å². The molecule has 0 aromatic heterocycles. The summed E-state index contributed by atoms with van der Waals surface area (Å²) >= 11 is 0. The molecule has 108 valence electrons. The third-order valence-electron chi connectivity index (χ3n) is 5.09. The van der Waals surface area contributed by atoms with Crippen LogP contribution in [0, 0.1) is 11.8 Å². The summed E-state index contributed by atoms with van der Waals surface area (Å²) in [6.07, 6.45) is 8.38. The van der Waals surface area contributed by atoms with Gasteiger partial charge in [-0.1, -0.05) is 33.6 Å². The fourth-order valence-corrected chi connectivity index (χ4v) is 3.34. The summed E-state index contributed by atoms with van der Waals surface area (Å²) in [6, 6.07) is 0.292. The Morgan fingerprint density at radius 3 is 2.22 bits per heavy atom. The average molecular weight is 256 g/mol. The van der Waals surface area contributed by atoms with Crippen LogP contribution >= 0.6 is 0 Å². The zero-order valence-corrected chi connectivity index (χ0v) is 12.7. The van der Waals surface area contributed by atoms with E-state index in [0.717, 1.165) is 31.1 Å². The topological polar surface area (TPSA) is 47.3 Å². The molecule has 1 fully saturated rings. The van der Waals surface area contributed by atoms with Crippen LogP contribution in [0.1, 0.15) is 65.7 Å². The van der Waals surface area contributed by atoms with Gasteiger partial charge in [0.2, 0.25) is 0 Å². The van der Waals surface area contributed by atoms with Crippen molar-refractivity contribution in [3.8, 4) is 0 Å². The summed E-state index contributed by atoms with van der Waals surface area (Å²) < 4.78 is 5.93. The SMILES string of the molecule is CCC(CC)CC(NN)C1(OC)CCC(C)CC1. The molecule has 0 aromatic rings. The van der Waals surface area contributed by atoms with Crippen molar-refractivity contribution in [2.24, 2.45) is 17.7 Å². The van der Waals surface area contributed by atoms with Gasteiger partial charge in [-0.05, 0) is 43.9 Å². The Balaban J connectivity index is 2.70. The average Bonchev–Trinajstić information content (AvgIpc) is 2.42. The predicted molar refractivity (Wildman–Crippen MR) is 77.2 cm³/mol. The second kappa shape index (κ2) is 7.46. The highest BCUT2D eigenvalue weighted by Gasteiger charge is 2.41. The van der Waals surface area contributed by atoms with Crippen LogP contribution in [0.2, 0.25) is 0 Å². The first kappa shape index (κ1) is 15.9. The Morgan fingerprint density at radius 1 is 1.28 bits per heavy atom. The highest BCUT2D eigenvalue weighted by molar-refractivity contribution is 4.96. The number of hydrogen-bond donors (Lipinski definition) is 2. The van der Waals surface area contributed by atoms with Crippen molar-refractivity contribution in [2.45, 2.75) is 77.4 Å². The third-order valence-corrected chi connectivity index (χ3v) is 5.09. The van der Waals surface area contributed by atoms with E-state index in [9.17, 15) is 0 Å². The lowest BCUT2D eigenvalue weighted by Crippen LogP contribution is -2.56. The zero-order chi connectivity index (χ0) is 13.6. The first-order valence-corrected chi connectivity index (χ1v) is 7.63. The maximum absolute atomic E-state index is 5.93. The van der Waals surface area contributed by atoms with Crippen molar-refractivity contribution in [2.75, 3.05) is 7.11 Å². The molecule has 1 atom stereocenters. The van der Waals surface area contributed by atoms with E-state index in [2.05, 4.69) is 26.2 Å². The van der Waals surface area contributed by atoms with Gasteiger partial charge in [0.25, 0.3) is 0 Å². The number of rotatable bonds is 7. The van der Waals surface area contributed by atoms with Gasteiger partial charge >= 0.3 is 0 Å². The highest BCUT2D eigenvalue weighted by atomic mass is 16.5. The number of methoxy groups -OCH3 is 1. The van der Waals surface area contributed by atoms with Gasteiger partial charge in [-0.15, -0.1) is 0 Å². The van der Waals surface area contributed by atoms with Crippen molar-refractivity contribution in [3.63, 3.8) is 0 Å². The third kappa shape index (κ3) is 3.69. The molecule has 1 rings (SSSR count). The monoisotopic (exact) mass is 256 g/mol. The minimum absolute atomic E-state index is 0.0378. The molecule has 1 aliphatic rings. The van der Waals surface area contributed by atoms with E-state index in [1.54, 1.807) is 0 Å². The molecule has 1 aliphatic carbocycles. The number of nitrogens with two attached hydrogens (primary N) is 1. The molecule has 18 heavy (non-hydrogen) atoms. The summed E-state index contributed by atoms with van der Waals surface area (Å²) in [7, 11) is 1.85. The molecule has 0 aliphatic heterocycles. The van der Waals surface area contributed by atoms with Gasteiger partial charge < -0.3 is 4.74 Å². The second-order valence-electron chi connectivity index (χ2n) is 6.09. The predicted octanol–water partition coefficient (Wildman–Crippen LogP) is 3.24. The van der Waals surface area contributed by atoms with E-state index in [1.165, 1.54) is 25.7 Å². The first-order valence-electron chi connectivity index (χ1n) is 7.63. The van der Waals surface area contributed by atoms with Gasteiger partial charge in [0.15, 0.2) is 0 Å². The summed E-state index contributed by atoms with van der Waals surface area (Å²) in [6.45, 7) is 6.87. The fourth-order valence-electron chi connectivity index (χ4n) is 3.34. The lowest BCUT2D eigenvalue weighted by Gasteiger charge is -2.44. The van der Waals surface area contributed by atoms with Crippen LogP contribution in [0.3, 0.4) is 0 Å². The summed E-state index contributed by atoms with van der Waals surface area (Å²) in [4.78, 5) is 0. The molecule has 0 amide bonds. The van der Waals surface area contributed by atoms with E-state index in [0.29, 0.717) is 6.04 Å². The van der Waals surface area contributed by atoms with Crippen molar-refractivity contribution in [1.82, 2.24) is 5.43 Å². The van der Waals surface area contributed by atoms with Crippen LogP contribution in [0.5, 0.6) is 0 Å². The molecule has 0 bridgehead atoms. The molecule has 3 nitrogen and oxygen atoms in total. The molecule has 0 aromatic carbocycles. The number of hydrogen-bond acceptors (Lipinski definition) is 3. The molecule has 3 heteroatoms. The van der Waals surface area contributed by atoms with Crippen molar-refractivity contribution in [3.05, 3.63) is 0 Å². The molecule has 0 heterocycles. The van der Waals surface area contributed by atoms with E-state index in [1.807, 2.05) is 7.11 Å². The molecule has 3 N–H and O–H groups in total. The van der Waals surface area contributed by atoms with Crippen molar-refractivity contribution < 1.29 is 4.74 Å².